The first kappa shape index (κ1) is 23.8. The molecule has 1 heterocycles. The Bertz CT molecular complexity index is 940. The molecule has 0 aliphatic rings. The number of hydrogen-bond donors (Lipinski definition) is 3. The minimum absolute atomic E-state index is 0. The lowest BCUT2D eigenvalue weighted by Gasteiger charge is -2.24. The Hall–Kier alpha value is -2.46. The molecule has 6 nitrogen and oxygen atoms in total. The van der Waals surface area contributed by atoms with Gasteiger partial charge in [-0.25, -0.2) is 4.68 Å². The van der Waals surface area contributed by atoms with Crippen LogP contribution in [0.5, 0.6) is 0 Å². The van der Waals surface area contributed by atoms with Crippen molar-refractivity contribution in [1.29, 1.82) is 0 Å². The molecule has 0 aliphatic carbocycles. The molecule has 0 amide bonds. The Morgan fingerprint density at radius 2 is 1.53 bits per heavy atom. The summed E-state index contributed by atoms with van der Waals surface area (Å²) in [5.74, 6) is 0. The van der Waals surface area contributed by atoms with Crippen molar-refractivity contribution in [2.75, 3.05) is 13.2 Å². The highest BCUT2D eigenvalue weighted by molar-refractivity contribution is 5.85. The number of alkyl halides is 3. The monoisotopic (exact) mass is 442 g/mol. The van der Waals surface area contributed by atoms with Crippen LogP contribution in [0.1, 0.15) is 17.5 Å². The van der Waals surface area contributed by atoms with Gasteiger partial charge in [0.25, 0.3) is 0 Å². The van der Waals surface area contributed by atoms with Gasteiger partial charge in [-0.15, -0.1) is 17.5 Å². The van der Waals surface area contributed by atoms with Crippen molar-refractivity contribution in [3.8, 4) is 16.9 Å². The van der Waals surface area contributed by atoms with Crippen LogP contribution in [0.2, 0.25) is 0 Å². The summed E-state index contributed by atoms with van der Waals surface area (Å²) in [5.41, 5.74) is 6.98. The van der Waals surface area contributed by atoms with Crippen molar-refractivity contribution in [3.05, 3.63) is 65.9 Å². The van der Waals surface area contributed by atoms with E-state index in [2.05, 4.69) is 10.3 Å². The SMILES string of the molecule is Cl.NC(CO)(CO)CCc1ccc(-c2cn(-c3ccc(C(F)(F)F)cc3)nn2)cc1. The van der Waals surface area contributed by atoms with Gasteiger partial charge in [0.05, 0.1) is 36.2 Å². The van der Waals surface area contributed by atoms with Crippen molar-refractivity contribution >= 4 is 12.4 Å². The van der Waals surface area contributed by atoms with E-state index in [0.29, 0.717) is 24.2 Å². The minimum atomic E-state index is -4.38. The van der Waals surface area contributed by atoms with Crippen LogP contribution in [0.3, 0.4) is 0 Å². The molecule has 3 rings (SSSR count). The van der Waals surface area contributed by atoms with Crippen LogP contribution in [-0.2, 0) is 12.6 Å². The molecule has 3 aromatic rings. The Labute approximate surface area is 177 Å². The average molecular weight is 443 g/mol. The predicted octanol–water partition coefficient (Wildman–Crippen LogP) is 2.99. The summed E-state index contributed by atoms with van der Waals surface area (Å²) in [4.78, 5) is 0. The van der Waals surface area contributed by atoms with Gasteiger partial charge in [-0.1, -0.05) is 29.5 Å². The highest BCUT2D eigenvalue weighted by atomic mass is 35.5. The topological polar surface area (TPSA) is 97.2 Å². The Morgan fingerprint density at radius 1 is 0.933 bits per heavy atom. The normalized spacial score (nSPS) is 11.9. The fourth-order valence-corrected chi connectivity index (χ4v) is 2.77. The van der Waals surface area contributed by atoms with Gasteiger partial charge in [0.15, 0.2) is 0 Å². The van der Waals surface area contributed by atoms with Gasteiger partial charge in [0.2, 0.25) is 0 Å². The summed E-state index contributed by atoms with van der Waals surface area (Å²) in [5, 5.41) is 26.6. The summed E-state index contributed by atoms with van der Waals surface area (Å²) in [7, 11) is 0. The molecule has 0 saturated heterocycles. The van der Waals surface area contributed by atoms with E-state index in [-0.39, 0.29) is 25.6 Å². The molecule has 10 heteroatoms. The van der Waals surface area contributed by atoms with E-state index in [1.807, 2.05) is 24.3 Å². The lowest BCUT2D eigenvalue weighted by Crippen LogP contribution is -2.47. The van der Waals surface area contributed by atoms with Crippen LogP contribution in [0.25, 0.3) is 16.9 Å². The first-order valence-corrected chi connectivity index (χ1v) is 8.94. The average Bonchev–Trinajstić information content (AvgIpc) is 3.22. The van der Waals surface area contributed by atoms with Gasteiger partial charge in [0.1, 0.15) is 5.69 Å². The summed E-state index contributed by atoms with van der Waals surface area (Å²) < 4.78 is 39.4. The predicted molar refractivity (Wildman–Crippen MR) is 108 cm³/mol. The van der Waals surface area contributed by atoms with E-state index in [0.717, 1.165) is 23.3 Å². The van der Waals surface area contributed by atoms with Gasteiger partial charge in [-0.05, 0) is 42.7 Å². The summed E-state index contributed by atoms with van der Waals surface area (Å²) in [6, 6.07) is 12.2. The van der Waals surface area contributed by atoms with E-state index < -0.39 is 17.3 Å². The number of rotatable bonds is 7. The van der Waals surface area contributed by atoms with Crippen molar-refractivity contribution in [3.63, 3.8) is 0 Å². The van der Waals surface area contributed by atoms with Gasteiger partial charge >= 0.3 is 6.18 Å². The second kappa shape index (κ2) is 9.57. The molecular weight excluding hydrogens is 421 g/mol. The number of aryl methyl sites for hydroxylation is 1. The molecule has 0 fully saturated rings. The van der Waals surface area contributed by atoms with Gasteiger partial charge in [-0.3, -0.25) is 0 Å². The van der Waals surface area contributed by atoms with Gasteiger partial charge in [-0.2, -0.15) is 13.2 Å². The molecule has 4 N–H and O–H groups in total. The van der Waals surface area contributed by atoms with Crippen LogP contribution in [-0.4, -0.2) is 44.0 Å². The number of benzene rings is 2. The molecule has 2 aromatic carbocycles. The number of aliphatic hydroxyl groups is 2. The van der Waals surface area contributed by atoms with Gasteiger partial charge < -0.3 is 15.9 Å². The lowest BCUT2D eigenvalue weighted by atomic mass is 9.93. The number of hydrogen-bond acceptors (Lipinski definition) is 5. The van der Waals surface area contributed by atoms with Crippen molar-refractivity contribution in [2.45, 2.75) is 24.6 Å². The maximum Gasteiger partial charge on any atom is 0.416 e. The smallest absolute Gasteiger partial charge is 0.394 e. The molecule has 1 aromatic heterocycles. The van der Waals surface area contributed by atoms with E-state index in [4.69, 9.17) is 5.73 Å². The molecule has 0 aliphatic heterocycles. The number of aliphatic hydroxyl groups excluding tert-OH is 2. The Balaban J connectivity index is 0.00000320. The molecule has 0 atom stereocenters. The Morgan fingerprint density at radius 3 is 2.07 bits per heavy atom. The summed E-state index contributed by atoms with van der Waals surface area (Å²) in [6.07, 6.45) is -1.72. The Kier molecular flexibility index (Phi) is 7.59. The van der Waals surface area contributed by atoms with Crippen molar-refractivity contribution in [1.82, 2.24) is 15.0 Å². The lowest BCUT2D eigenvalue weighted by molar-refractivity contribution is -0.137. The third-order valence-electron chi connectivity index (χ3n) is 4.74. The highest BCUT2D eigenvalue weighted by Crippen LogP contribution is 2.29. The fourth-order valence-electron chi connectivity index (χ4n) is 2.77. The molecule has 0 unspecified atom stereocenters. The zero-order chi connectivity index (χ0) is 21.1. The number of nitrogens with two attached hydrogens (primary N) is 1. The summed E-state index contributed by atoms with van der Waals surface area (Å²) >= 11 is 0. The zero-order valence-corrected chi connectivity index (χ0v) is 16.7. The second-order valence-corrected chi connectivity index (χ2v) is 6.97. The first-order chi connectivity index (χ1) is 13.7. The minimum Gasteiger partial charge on any atom is -0.394 e. The number of nitrogens with zero attached hydrogens (tertiary/aromatic N) is 3. The van der Waals surface area contributed by atoms with Crippen LogP contribution in [0, 0.1) is 0 Å². The largest absolute Gasteiger partial charge is 0.416 e. The van der Waals surface area contributed by atoms with Gasteiger partial charge in [0, 0.05) is 5.56 Å². The molecule has 162 valence electrons. The molecule has 30 heavy (non-hydrogen) atoms. The number of aromatic nitrogens is 3. The molecule has 0 bridgehead atoms. The van der Waals surface area contributed by atoms with Crippen LogP contribution in [0.4, 0.5) is 13.2 Å². The molecule has 0 spiro atoms. The van der Waals surface area contributed by atoms with Crippen LogP contribution >= 0.6 is 12.4 Å². The third-order valence-corrected chi connectivity index (χ3v) is 4.74. The fraction of sp³-hybridized carbons (Fsp3) is 0.300. The standard InChI is InChI=1S/C20H21F3N4O2.ClH/c21-20(22,23)16-5-7-17(8-6-16)27-11-18(25-26-27)15-3-1-14(2-4-15)9-10-19(24,12-28)13-29;/h1-8,11,28-29H,9-10,12-13,24H2;1H. The number of halogens is 4. The highest BCUT2D eigenvalue weighted by Gasteiger charge is 2.30. The van der Waals surface area contributed by atoms with E-state index in [9.17, 15) is 23.4 Å². The van der Waals surface area contributed by atoms with E-state index in [1.54, 1.807) is 6.20 Å². The zero-order valence-electron chi connectivity index (χ0n) is 15.9. The van der Waals surface area contributed by atoms with E-state index in [1.165, 1.54) is 16.8 Å². The maximum absolute atomic E-state index is 12.7. The third kappa shape index (κ3) is 5.57. The maximum atomic E-state index is 12.7. The van der Waals surface area contributed by atoms with Crippen LogP contribution in [0.15, 0.2) is 54.7 Å². The van der Waals surface area contributed by atoms with Crippen LogP contribution < -0.4 is 5.73 Å². The molecule has 0 saturated carbocycles. The van der Waals surface area contributed by atoms with Crippen molar-refractivity contribution < 1.29 is 23.4 Å². The van der Waals surface area contributed by atoms with Crippen molar-refractivity contribution in [2.24, 2.45) is 5.73 Å². The molecule has 0 radical (unpaired) electrons. The quantitative estimate of drug-likeness (QED) is 0.522. The summed E-state index contributed by atoms with van der Waals surface area (Å²) in [6.45, 7) is -0.594. The molecular formula is C20H22ClF3N4O2. The van der Waals surface area contributed by atoms with E-state index >= 15 is 0 Å². The first-order valence-electron chi connectivity index (χ1n) is 8.94. The second-order valence-electron chi connectivity index (χ2n) is 6.97.